The fourth-order valence-electron chi connectivity index (χ4n) is 2.57. The van der Waals surface area contributed by atoms with Crippen molar-refractivity contribution in [3.63, 3.8) is 0 Å². The molecule has 0 atom stereocenters. The van der Waals surface area contributed by atoms with Gasteiger partial charge in [0, 0.05) is 37.8 Å². The molecule has 1 amide bonds. The average molecular weight is 496 g/mol. The van der Waals surface area contributed by atoms with Crippen molar-refractivity contribution in [1.29, 1.82) is 0 Å². The molecule has 0 saturated heterocycles. The maximum absolute atomic E-state index is 11.8. The molecular formula is C21H29IN4O2. The van der Waals surface area contributed by atoms with Crippen molar-refractivity contribution in [2.24, 2.45) is 4.99 Å². The number of ether oxygens (including phenoxy) is 1. The van der Waals surface area contributed by atoms with E-state index >= 15 is 0 Å². The van der Waals surface area contributed by atoms with Gasteiger partial charge in [0.15, 0.2) is 5.96 Å². The van der Waals surface area contributed by atoms with Gasteiger partial charge in [-0.15, -0.1) is 24.0 Å². The van der Waals surface area contributed by atoms with Crippen LogP contribution in [0, 0.1) is 0 Å². The summed E-state index contributed by atoms with van der Waals surface area (Å²) in [5, 5.41) is 9.37. The minimum Gasteiger partial charge on any atom is -0.494 e. The molecule has 0 aliphatic carbocycles. The number of amides is 1. The summed E-state index contributed by atoms with van der Waals surface area (Å²) in [6, 6.07) is 15.5. The quantitative estimate of drug-likeness (QED) is 0.298. The summed E-state index contributed by atoms with van der Waals surface area (Å²) in [5.41, 5.74) is 2.81. The second-order valence-electron chi connectivity index (χ2n) is 5.88. The van der Waals surface area contributed by atoms with Crippen LogP contribution in [0.3, 0.4) is 0 Å². The highest BCUT2D eigenvalue weighted by atomic mass is 127. The van der Waals surface area contributed by atoms with Gasteiger partial charge >= 0.3 is 0 Å². The Balaban J connectivity index is 0.00000392. The first-order chi connectivity index (χ1) is 13.2. The number of aliphatic imine (C=N–C) groups is 1. The van der Waals surface area contributed by atoms with Crippen LogP contribution in [0.2, 0.25) is 0 Å². The summed E-state index contributed by atoms with van der Waals surface area (Å²) in [4.78, 5) is 16.0. The molecule has 0 saturated carbocycles. The highest BCUT2D eigenvalue weighted by Gasteiger charge is 2.06. The number of nitrogens with zero attached hydrogens (tertiary/aromatic N) is 1. The largest absolute Gasteiger partial charge is 0.494 e. The van der Waals surface area contributed by atoms with E-state index in [1.165, 1.54) is 0 Å². The normalized spacial score (nSPS) is 10.6. The maximum atomic E-state index is 11.8. The van der Waals surface area contributed by atoms with Crippen molar-refractivity contribution in [1.82, 2.24) is 16.0 Å². The minimum absolute atomic E-state index is 0. The van der Waals surface area contributed by atoms with E-state index in [2.05, 4.69) is 20.9 Å². The van der Waals surface area contributed by atoms with Gasteiger partial charge in [-0.25, -0.2) is 0 Å². The topological polar surface area (TPSA) is 74.8 Å². The van der Waals surface area contributed by atoms with Gasteiger partial charge in [0.05, 0.1) is 6.61 Å². The SMILES string of the molecule is CCNC(=O)c1ccc(CNC(=NC)NCc2ccccc2OCC)cc1.I. The van der Waals surface area contributed by atoms with E-state index in [4.69, 9.17) is 4.74 Å². The third kappa shape index (κ3) is 7.38. The molecular weight excluding hydrogens is 467 g/mol. The van der Waals surface area contributed by atoms with Crippen molar-refractivity contribution < 1.29 is 9.53 Å². The molecule has 0 fully saturated rings. The van der Waals surface area contributed by atoms with Crippen LogP contribution in [-0.2, 0) is 13.1 Å². The number of rotatable bonds is 8. The smallest absolute Gasteiger partial charge is 0.251 e. The van der Waals surface area contributed by atoms with E-state index in [0.29, 0.717) is 37.8 Å². The van der Waals surface area contributed by atoms with E-state index in [1.54, 1.807) is 7.05 Å². The number of guanidine groups is 1. The molecule has 0 bridgehead atoms. The lowest BCUT2D eigenvalue weighted by Crippen LogP contribution is -2.36. The Kier molecular flexibility index (Phi) is 11.0. The van der Waals surface area contributed by atoms with Crippen LogP contribution in [0.1, 0.15) is 35.3 Å². The zero-order valence-electron chi connectivity index (χ0n) is 16.6. The maximum Gasteiger partial charge on any atom is 0.251 e. The highest BCUT2D eigenvalue weighted by molar-refractivity contribution is 14.0. The average Bonchev–Trinajstić information content (AvgIpc) is 2.70. The zero-order valence-corrected chi connectivity index (χ0v) is 18.9. The number of para-hydroxylation sites is 1. The number of benzene rings is 2. The van der Waals surface area contributed by atoms with Gasteiger partial charge < -0.3 is 20.7 Å². The summed E-state index contributed by atoms with van der Waals surface area (Å²) in [5.74, 6) is 1.53. The molecule has 28 heavy (non-hydrogen) atoms. The third-order valence-electron chi connectivity index (χ3n) is 3.96. The minimum atomic E-state index is -0.0533. The van der Waals surface area contributed by atoms with Crippen LogP contribution in [0.4, 0.5) is 0 Å². The van der Waals surface area contributed by atoms with E-state index in [0.717, 1.165) is 16.9 Å². The Labute approximate surface area is 184 Å². The first-order valence-corrected chi connectivity index (χ1v) is 9.20. The zero-order chi connectivity index (χ0) is 19.5. The first-order valence-electron chi connectivity index (χ1n) is 9.20. The summed E-state index contributed by atoms with van der Waals surface area (Å²) < 4.78 is 5.65. The molecule has 152 valence electrons. The number of carbonyl (C=O) groups excluding carboxylic acids is 1. The number of hydrogen-bond donors (Lipinski definition) is 3. The summed E-state index contributed by atoms with van der Waals surface area (Å²) in [6.45, 7) is 6.37. The van der Waals surface area contributed by atoms with Crippen LogP contribution in [0.25, 0.3) is 0 Å². The second-order valence-corrected chi connectivity index (χ2v) is 5.88. The molecule has 6 nitrogen and oxygen atoms in total. The van der Waals surface area contributed by atoms with E-state index < -0.39 is 0 Å². The molecule has 2 aromatic rings. The fourth-order valence-corrected chi connectivity index (χ4v) is 2.57. The van der Waals surface area contributed by atoms with Crippen molar-refractivity contribution in [2.45, 2.75) is 26.9 Å². The lowest BCUT2D eigenvalue weighted by atomic mass is 10.1. The van der Waals surface area contributed by atoms with Crippen molar-refractivity contribution >= 4 is 35.8 Å². The van der Waals surface area contributed by atoms with Gasteiger partial charge in [0.1, 0.15) is 5.75 Å². The van der Waals surface area contributed by atoms with E-state index in [1.807, 2.05) is 62.4 Å². The van der Waals surface area contributed by atoms with Gasteiger partial charge in [-0.05, 0) is 37.6 Å². The molecule has 0 aliphatic rings. The number of carbonyl (C=O) groups is 1. The Hall–Kier alpha value is -2.29. The lowest BCUT2D eigenvalue weighted by Gasteiger charge is -2.14. The fraction of sp³-hybridized carbons (Fsp3) is 0.333. The van der Waals surface area contributed by atoms with Crippen LogP contribution >= 0.6 is 24.0 Å². The predicted octanol–water partition coefficient (Wildman–Crippen LogP) is 3.32. The molecule has 0 radical (unpaired) electrons. The van der Waals surface area contributed by atoms with Crippen molar-refractivity contribution in [2.75, 3.05) is 20.2 Å². The molecule has 7 heteroatoms. The number of halogens is 1. The van der Waals surface area contributed by atoms with E-state index in [9.17, 15) is 4.79 Å². The summed E-state index contributed by atoms with van der Waals surface area (Å²) >= 11 is 0. The number of hydrogen-bond acceptors (Lipinski definition) is 3. The molecule has 2 rings (SSSR count). The third-order valence-corrected chi connectivity index (χ3v) is 3.96. The van der Waals surface area contributed by atoms with Gasteiger partial charge in [0.25, 0.3) is 5.91 Å². The van der Waals surface area contributed by atoms with Gasteiger partial charge in [-0.2, -0.15) is 0 Å². The van der Waals surface area contributed by atoms with Crippen molar-refractivity contribution in [3.8, 4) is 5.75 Å². The van der Waals surface area contributed by atoms with E-state index in [-0.39, 0.29) is 29.9 Å². The molecule has 0 unspecified atom stereocenters. The van der Waals surface area contributed by atoms with Gasteiger partial charge in [0.2, 0.25) is 0 Å². The molecule has 0 heterocycles. The Bertz CT molecular complexity index is 763. The van der Waals surface area contributed by atoms with Gasteiger partial charge in [-0.3, -0.25) is 9.79 Å². The predicted molar refractivity (Wildman–Crippen MR) is 125 cm³/mol. The Morgan fingerprint density at radius 3 is 2.29 bits per heavy atom. The summed E-state index contributed by atoms with van der Waals surface area (Å²) in [7, 11) is 1.74. The highest BCUT2D eigenvalue weighted by Crippen LogP contribution is 2.17. The second kappa shape index (κ2) is 13.0. The van der Waals surface area contributed by atoms with Crippen LogP contribution in [0.5, 0.6) is 5.75 Å². The molecule has 0 spiro atoms. The van der Waals surface area contributed by atoms with Crippen LogP contribution in [-0.4, -0.2) is 32.1 Å². The number of nitrogens with one attached hydrogen (secondary N) is 3. The van der Waals surface area contributed by atoms with Crippen molar-refractivity contribution in [3.05, 3.63) is 65.2 Å². The van der Waals surface area contributed by atoms with Gasteiger partial charge in [-0.1, -0.05) is 30.3 Å². The Morgan fingerprint density at radius 1 is 0.964 bits per heavy atom. The molecule has 2 aromatic carbocycles. The molecule has 3 N–H and O–H groups in total. The van der Waals surface area contributed by atoms with Crippen LogP contribution in [0.15, 0.2) is 53.5 Å². The lowest BCUT2D eigenvalue weighted by molar-refractivity contribution is 0.0956. The monoisotopic (exact) mass is 496 g/mol. The first kappa shape index (κ1) is 23.7. The summed E-state index contributed by atoms with van der Waals surface area (Å²) in [6.07, 6.45) is 0. The standard InChI is InChI=1S/C21H28N4O2.HI/c1-4-23-20(26)17-12-10-16(11-13-17)14-24-21(22-3)25-15-18-8-6-7-9-19(18)27-5-2;/h6-13H,4-5,14-15H2,1-3H3,(H,23,26)(H2,22,24,25);1H. The molecule has 0 aromatic heterocycles. The molecule has 0 aliphatic heterocycles. The van der Waals surface area contributed by atoms with Crippen LogP contribution < -0.4 is 20.7 Å². The Morgan fingerprint density at radius 2 is 1.64 bits per heavy atom.